The van der Waals surface area contributed by atoms with Gasteiger partial charge < -0.3 is 14.6 Å². The number of hydrogen-bond donors (Lipinski definition) is 1. The molecule has 0 aliphatic carbocycles. The van der Waals surface area contributed by atoms with Crippen LogP contribution < -0.4 is 4.74 Å². The fourth-order valence-corrected chi connectivity index (χ4v) is 2.41. The molecule has 0 saturated heterocycles. The number of benzene rings is 1. The van der Waals surface area contributed by atoms with Crippen LogP contribution in [0.5, 0.6) is 5.75 Å². The van der Waals surface area contributed by atoms with Crippen molar-refractivity contribution in [1.82, 2.24) is 0 Å². The summed E-state index contributed by atoms with van der Waals surface area (Å²) in [4.78, 5) is 0. The zero-order valence-corrected chi connectivity index (χ0v) is 14.7. The number of aliphatic hydroxyl groups is 1. The fourth-order valence-electron chi connectivity index (χ4n) is 2.41. The summed E-state index contributed by atoms with van der Waals surface area (Å²) in [5.74, 6) is 6.39. The van der Waals surface area contributed by atoms with E-state index in [1.807, 2.05) is 24.3 Å². The van der Waals surface area contributed by atoms with Crippen molar-refractivity contribution in [3.05, 3.63) is 29.8 Å². The highest BCUT2D eigenvalue weighted by Crippen LogP contribution is 2.14. The van der Waals surface area contributed by atoms with Crippen molar-refractivity contribution >= 4 is 0 Å². The Labute approximate surface area is 141 Å². The molecule has 0 aliphatic rings. The topological polar surface area (TPSA) is 38.7 Å². The Morgan fingerprint density at radius 3 is 2.30 bits per heavy atom. The number of aliphatic hydroxyl groups excluding tert-OH is 1. The first-order valence-electron chi connectivity index (χ1n) is 8.50. The maximum atomic E-state index is 9.50. The van der Waals surface area contributed by atoms with Crippen molar-refractivity contribution in [2.24, 2.45) is 0 Å². The molecule has 3 heteroatoms. The molecule has 1 N–H and O–H groups in total. The number of ether oxygens (including phenoxy) is 2. The summed E-state index contributed by atoms with van der Waals surface area (Å²) in [6.07, 6.45) is 6.21. The van der Waals surface area contributed by atoms with Gasteiger partial charge in [0.05, 0.1) is 19.8 Å². The van der Waals surface area contributed by atoms with E-state index in [4.69, 9.17) is 9.47 Å². The van der Waals surface area contributed by atoms with Gasteiger partial charge in [0.25, 0.3) is 0 Å². The van der Waals surface area contributed by atoms with Gasteiger partial charge in [0.15, 0.2) is 0 Å². The van der Waals surface area contributed by atoms with Crippen LogP contribution >= 0.6 is 0 Å². The van der Waals surface area contributed by atoms with E-state index in [0.717, 1.165) is 31.4 Å². The van der Waals surface area contributed by atoms with Crippen molar-refractivity contribution in [3.63, 3.8) is 0 Å². The van der Waals surface area contributed by atoms with Gasteiger partial charge in [-0.1, -0.05) is 37.3 Å². The minimum atomic E-state index is -0.452. The van der Waals surface area contributed by atoms with Crippen LogP contribution in [0.2, 0.25) is 0 Å². The third-order valence-corrected chi connectivity index (χ3v) is 3.84. The molecule has 0 fully saturated rings. The van der Waals surface area contributed by atoms with Crippen LogP contribution in [0.25, 0.3) is 0 Å². The smallest absolute Gasteiger partial charge is 0.118 e. The first-order valence-corrected chi connectivity index (χ1v) is 8.50. The number of hydrogen-bond acceptors (Lipinski definition) is 3. The zero-order valence-electron chi connectivity index (χ0n) is 14.7. The maximum Gasteiger partial charge on any atom is 0.118 e. The minimum absolute atomic E-state index is 0.272. The summed E-state index contributed by atoms with van der Waals surface area (Å²) in [6.45, 7) is 4.54. The van der Waals surface area contributed by atoms with E-state index >= 15 is 0 Å². The molecule has 1 aromatic carbocycles. The number of rotatable bonds is 11. The molecule has 2 atom stereocenters. The summed E-state index contributed by atoms with van der Waals surface area (Å²) < 4.78 is 11.0. The lowest BCUT2D eigenvalue weighted by Crippen LogP contribution is -2.08. The van der Waals surface area contributed by atoms with Crippen LogP contribution in [0.4, 0.5) is 0 Å². The van der Waals surface area contributed by atoms with Crippen LogP contribution in [-0.2, 0) is 11.3 Å². The minimum Gasteiger partial charge on any atom is -0.497 e. The van der Waals surface area contributed by atoms with Crippen molar-refractivity contribution in [2.75, 3.05) is 7.11 Å². The Kier molecular flexibility index (Phi) is 10.2. The van der Waals surface area contributed by atoms with Gasteiger partial charge in [0.2, 0.25) is 0 Å². The molecular formula is C20H30O3. The van der Waals surface area contributed by atoms with E-state index in [1.54, 1.807) is 14.0 Å². The van der Waals surface area contributed by atoms with Gasteiger partial charge in [0, 0.05) is 0 Å². The van der Waals surface area contributed by atoms with Gasteiger partial charge in [-0.05, 0) is 50.8 Å². The predicted octanol–water partition coefficient (Wildman–Crippen LogP) is 4.33. The number of unbranched alkanes of at least 4 members (excludes halogenated alkanes) is 3. The van der Waals surface area contributed by atoms with E-state index in [-0.39, 0.29) is 6.10 Å². The molecule has 0 aliphatic heterocycles. The molecule has 0 spiro atoms. The Balaban J connectivity index is 2.05. The second-order valence-electron chi connectivity index (χ2n) is 5.87. The Morgan fingerprint density at radius 2 is 1.70 bits per heavy atom. The molecule has 0 bridgehead atoms. The van der Waals surface area contributed by atoms with Crippen molar-refractivity contribution in [3.8, 4) is 17.6 Å². The second-order valence-corrected chi connectivity index (χ2v) is 5.87. The van der Waals surface area contributed by atoms with Gasteiger partial charge in [-0.3, -0.25) is 0 Å². The molecule has 0 aromatic heterocycles. The quantitative estimate of drug-likeness (QED) is 0.488. The largest absolute Gasteiger partial charge is 0.497 e. The average molecular weight is 318 g/mol. The van der Waals surface area contributed by atoms with E-state index in [2.05, 4.69) is 18.8 Å². The molecule has 0 amide bonds. The lowest BCUT2D eigenvalue weighted by Gasteiger charge is -2.13. The van der Waals surface area contributed by atoms with Crippen LogP contribution in [0.3, 0.4) is 0 Å². The standard InChI is InChI=1S/C20H30O3/c1-4-9-19(21)11-8-6-5-7-10-17(2)23-16-18-12-14-20(22-3)15-13-18/h12-15,17,19,21H,5-8,10-11,16H2,1-3H3/t17-,19-/m1/s1. The van der Waals surface area contributed by atoms with Gasteiger partial charge >= 0.3 is 0 Å². The van der Waals surface area contributed by atoms with Gasteiger partial charge in [-0.15, -0.1) is 5.92 Å². The molecule has 128 valence electrons. The molecular weight excluding hydrogens is 288 g/mol. The van der Waals surface area contributed by atoms with Crippen LogP contribution in [0.15, 0.2) is 24.3 Å². The van der Waals surface area contributed by atoms with Gasteiger partial charge in [-0.25, -0.2) is 0 Å². The predicted molar refractivity (Wildman–Crippen MR) is 94.4 cm³/mol. The highest BCUT2D eigenvalue weighted by Gasteiger charge is 2.04. The van der Waals surface area contributed by atoms with Gasteiger partial charge in [-0.2, -0.15) is 0 Å². The summed E-state index contributed by atoms with van der Waals surface area (Å²) in [6, 6.07) is 7.99. The Hall–Kier alpha value is -1.50. The summed E-state index contributed by atoms with van der Waals surface area (Å²) in [7, 11) is 1.67. The molecule has 0 unspecified atom stereocenters. The molecule has 0 saturated carbocycles. The molecule has 23 heavy (non-hydrogen) atoms. The number of methoxy groups -OCH3 is 1. The van der Waals surface area contributed by atoms with Crippen molar-refractivity contribution in [1.29, 1.82) is 0 Å². The summed E-state index contributed by atoms with van der Waals surface area (Å²) in [5.41, 5.74) is 1.17. The van der Waals surface area contributed by atoms with Crippen LogP contribution in [0.1, 0.15) is 57.9 Å². The summed E-state index contributed by atoms with van der Waals surface area (Å²) >= 11 is 0. The third-order valence-electron chi connectivity index (χ3n) is 3.84. The Morgan fingerprint density at radius 1 is 1.04 bits per heavy atom. The van der Waals surface area contributed by atoms with Crippen LogP contribution in [-0.4, -0.2) is 24.4 Å². The van der Waals surface area contributed by atoms with Crippen molar-refractivity contribution in [2.45, 2.75) is 71.2 Å². The monoisotopic (exact) mass is 318 g/mol. The van der Waals surface area contributed by atoms with E-state index < -0.39 is 6.10 Å². The summed E-state index contributed by atoms with van der Waals surface area (Å²) in [5, 5.41) is 9.50. The normalized spacial score (nSPS) is 13.0. The fraction of sp³-hybridized carbons (Fsp3) is 0.600. The van der Waals surface area contributed by atoms with E-state index in [1.165, 1.54) is 18.4 Å². The first-order chi connectivity index (χ1) is 11.2. The zero-order chi connectivity index (χ0) is 16.9. The lowest BCUT2D eigenvalue weighted by molar-refractivity contribution is 0.0458. The van der Waals surface area contributed by atoms with E-state index in [9.17, 15) is 5.11 Å². The van der Waals surface area contributed by atoms with Crippen molar-refractivity contribution < 1.29 is 14.6 Å². The maximum absolute atomic E-state index is 9.50. The van der Waals surface area contributed by atoms with E-state index in [0.29, 0.717) is 6.61 Å². The lowest BCUT2D eigenvalue weighted by atomic mass is 10.1. The first kappa shape index (κ1) is 19.5. The second kappa shape index (κ2) is 12.0. The SMILES string of the molecule is CC#C[C@@H](O)CCCCCC[C@@H](C)OCc1ccc(OC)cc1. The van der Waals surface area contributed by atoms with Gasteiger partial charge in [0.1, 0.15) is 11.9 Å². The molecule has 0 radical (unpaired) electrons. The average Bonchev–Trinajstić information content (AvgIpc) is 2.56. The molecule has 1 aromatic rings. The highest BCUT2D eigenvalue weighted by molar-refractivity contribution is 5.26. The molecule has 1 rings (SSSR count). The third kappa shape index (κ3) is 9.28. The van der Waals surface area contributed by atoms with Crippen LogP contribution in [0, 0.1) is 11.8 Å². The Bertz CT molecular complexity index is 470. The molecule has 0 heterocycles. The highest BCUT2D eigenvalue weighted by atomic mass is 16.5. The molecule has 3 nitrogen and oxygen atoms in total.